The van der Waals surface area contributed by atoms with Crippen LogP contribution in [0.4, 0.5) is 0 Å². The monoisotopic (exact) mass is 316 g/mol. The molecule has 0 saturated heterocycles. The highest BCUT2D eigenvalue weighted by Crippen LogP contribution is 2.69. The maximum atomic E-state index is 6.25. The number of benzene rings is 3. The molecule has 23 heavy (non-hydrogen) atoms. The molecule has 0 bridgehead atoms. The van der Waals surface area contributed by atoms with Gasteiger partial charge in [0, 0.05) is 26.6 Å². The number of rotatable bonds is 1. The molecule has 0 radical (unpaired) electrons. The van der Waals surface area contributed by atoms with Gasteiger partial charge < -0.3 is 4.42 Å². The third kappa shape index (κ3) is 1.53. The molecule has 2 aliphatic carbocycles. The molecule has 1 aromatic heterocycles. The molecule has 2 aliphatic rings. The highest BCUT2D eigenvalue weighted by atomic mass is 35.5. The maximum Gasteiger partial charge on any atom is 0.143 e. The van der Waals surface area contributed by atoms with E-state index in [-0.39, 0.29) is 0 Å². The molecule has 1 nitrogen and oxygen atoms in total. The Morgan fingerprint density at radius 2 is 1.83 bits per heavy atom. The summed E-state index contributed by atoms with van der Waals surface area (Å²) in [6.07, 6.45) is 5.03. The molecule has 1 saturated carbocycles. The average Bonchev–Trinajstić information content (AvgIpc) is 3.46. The first-order valence-electron chi connectivity index (χ1n) is 8.02. The number of fused-ring (bicyclic) bond motifs is 5. The Bertz CT molecular complexity index is 1170. The van der Waals surface area contributed by atoms with Crippen LogP contribution in [0.2, 0.25) is 5.02 Å². The van der Waals surface area contributed by atoms with E-state index in [1.165, 1.54) is 40.1 Å². The SMILES string of the molecule is Clc1ccc2oc3c4ccccc4cc(C4=CC45CC5)c3c2c1. The van der Waals surface area contributed by atoms with E-state index in [0.29, 0.717) is 5.41 Å². The normalized spacial score (nSPS) is 18.0. The Morgan fingerprint density at radius 1 is 0.957 bits per heavy atom. The number of hydrogen-bond donors (Lipinski definition) is 0. The van der Waals surface area contributed by atoms with Gasteiger partial charge >= 0.3 is 0 Å². The zero-order chi connectivity index (χ0) is 15.2. The van der Waals surface area contributed by atoms with Gasteiger partial charge in [-0.05, 0) is 53.6 Å². The predicted molar refractivity (Wildman–Crippen MR) is 95.9 cm³/mol. The van der Waals surface area contributed by atoms with Crippen LogP contribution in [-0.2, 0) is 0 Å². The van der Waals surface area contributed by atoms with Gasteiger partial charge in [-0.25, -0.2) is 0 Å². The molecule has 4 aromatic rings. The molecular weight excluding hydrogens is 304 g/mol. The highest BCUT2D eigenvalue weighted by molar-refractivity contribution is 6.32. The van der Waals surface area contributed by atoms with Gasteiger partial charge in [-0.3, -0.25) is 0 Å². The lowest BCUT2D eigenvalue weighted by atomic mass is 9.97. The van der Waals surface area contributed by atoms with Crippen LogP contribution in [0.15, 0.2) is 59.0 Å². The van der Waals surface area contributed by atoms with Crippen molar-refractivity contribution in [2.75, 3.05) is 0 Å². The van der Waals surface area contributed by atoms with Gasteiger partial charge in [0.25, 0.3) is 0 Å². The van der Waals surface area contributed by atoms with Gasteiger partial charge in [-0.15, -0.1) is 0 Å². The highest BCUT2D eigenvalue weighted by Gasteiger charge is 2.55. The van der Waals surface area contributed by atoms with Crippen LogP contribution in [-0.4, -0.2) is 0 Å². The van der Waals surface area contributed by atoms with E-state index in [2.05, 4.69) is 36.4 Å². The van der Waals surface area contributed by atoms with Crippen molar-refractivity contribution < 1.29 is 4.42 Å². The molecule has 0 amide bonds. The molecule has 1 fully saturated rings. The number of halogens is 1. The largest absolute Gasteiger partial charge is 0.455 e. The van der Waals surface area contributed by atoms with E-state index in [9.17, 15) is 0 Å². The van der Waals surface area contributed by atoms with Gasteiger partial charge in [0.1, 0.15) is 11.2 Å². The minimum absolute atomic E-state index is 0.414. The first-order chi connectivity index (χ1) is 11.3. The van der Waals surface area contributed by atoms with E-state index < -0.39 is 0 Å². The molecule has 0 unspecified atom stereocenters. The van der Waals surface area contributed by atoms with Crippen molar-refractivity contribution in [3.63, 3.8) is 0 Å². The standard InChI is InChI=1S/C21H13ClO/c22-13-5-6-18-16(10-13)19-15(17-11-21(17)7-8-21)9-12-3-1-2-4-14(12)20(19)23-18/h1-6,9-11H,7-8H2. The van der Waals surface area contributed by atoms with Crippen LogP contribution in [0.25, 0.3) is 38.3 Å². The Morgan fingerprint density at radius 3 is 2.65 bits per heavy atom. The minimum atomic E-state index is 0.414. The van der Waals surface area contributed by atoms with Gasteiger partial charge in [0.05, 0.1) is 0 Å². The summed E-state index contributed by atoms with van der Waals surface area (Å²) in [7, 11) is 0. The summed E-state index contributed by atoms with van der Waals surface area (Å²) in [5, 5.41) is 5.51. The summed E-state index contributed by atoms with van der Waals surface area (Å²) in [4.78, 5) is 0. The van der Waals surface area contributed by atoms with Crippen molar-refractivity contribution in [3.8, 4) is 0 Å². The Labute approximate surface area is 138 Å². The molecule has 0 aliphatic heterocycles. The second-order valence-electron chi connectivity index (χ2n) is 6.81. The lowest BCUT2D eigenvalue weighted by Gasteiger charge is -2.05. The lowest BCUT2D eigenvalue weighted by Crippen LogP contribution is -1.84. The van der Waals surface area contributed by atoms with Crippen molar-refractivity contribution in [2.45, 2.75) is 12.8 Å². The molecule has 2 heteroatoms. The van der Waals surface area contributed by atoms with Gasteiger partial charge in [0.2, 0.25) is 0 Å². The van der Waals surface area contributed by atoms with Gasteiger partial charge in [-0.2, -0.15) is 0 Å². The quantitative estimate of drug-likeness (QED) is 0.387. The van der Waals surface area contributed by atoms with Crippen LogP contribution < -0.4 is 0 Å². The van der Waals surface area contributed by atoms with E-state index in [0.717, 1.165) is 21.6 Å². The zero-order valence-electron chi connectivity index (χ0n) is 12.4. The van der Waals surface area contributed by atoms with Crippen molar-refractivity contribution >= 4 is 49.9 Å². The maximum absolute atomic E-state index is 6.25. The lowest BCUT2D eigenvalue weighted by molar-refractivity contribution is 0.672. The topological polar surface area (TPSA) is 13.1 Å². The summed E-state index contributed by atoms with van der Waals surface area (Å²) >= 11 is 6.25. The van der Waals surface area contributed by atoms with Crippen LogP contribution in [0, 0.1) is 5.41 Å². The molecule has 3 aromatic carbocycles. The Hall–Kier alpha value is -2.25. The summed E-state index contributed by atoms with van der Waals surface area (Å²) in [6, 6.07) is 16.7. The average molecular weight is 317 g/mol. The fourth-order valence-electron chi connectivity index (χ4n) is 3.93. The molecular formula is C21H13ClO. The fourth-order valence-corrected chi connectivity index (χ4v) is 4.10. The first kappa shape index (κ1) is 12.2. The van der Waals surface area contributed by atoms with Crippen LogP contribution >= 0.6 is 11.6 Å². The molecule has 0 atom stereocenters. The fraction of sp³-hybridized carbons (Fsp3) is 0.143. The van der Waals surface area contributed by atoms with E-state index >= 15 is 0 Å². The third-order valence-electron chi connectivity index (χ3n) is 5.38. The van der Waals surface area contributed by atoms with E-state index in [4.69, 9.17) is 16.0 Å². The minimum Gasteiger partial charge on any atom is -0.455 e. The smallest absolute Gasteiger partial charge is 0.143 e. The summed E-state index contributed by atoms with van der Waals surface area (Å²) in [5.41, 5.74) is 5.14. The van der Waals surface area contributed by atoms with Crippen molar-refractivity contribution in [1.29, 1.82) is 0 Å². The molecule has 0 N–H and O–H groups in total. The number of hydrogen-bond acceptors (Lipinski definition) is 1. The van der Waals surface area contributed by atoms with Gasteiger partial charge in [0.15, 0.2) is 0 Å². The number of allylic oxidation sites excluding steroid dienone is 2. The van der Waals surface area contributed by atoms with E-state index in [1.807, 2.05) is 18.2 Å². The van der Waals surface area contributed by atoms with Crippen molar-refractivity contribution in [1.82, 2.24) is 0 Å². The summed E-state index contributed by atoms with van der Waals surface area (Å²) < 4.78 is 6.24. The number of furan rings is 1. The zero-order valence-corrected chi connectivity index (χ0v) is 13.2. The Balaban J connectivity index is 1.84. The van der Waals surface area contributed by atoms with Gasteiger partial charge in [-0.1, -0.05) is 41.9 Å². The van der Waals surface area contributed by atoms with Crippen LogP contribution in [0.5, 0.6) is 0 Å². The molecule has 1 spiro atoms. The van der Waals surface area contributed by atoms with Crippen molar-refractivity contribution in [2.24, 2.45) is 5.41 Å². The molecule has 110 valence electrons. The first-order valence-corrected chi connectivity index (χ1v) is 8.40. The van der Waals surface area contributed by atoms with Crippen LogP contribution in [0.3, 0.4) is 0 Å². The molecule has 6 rings (SSSR count). The Kier molecular flexibility index (Phi) is 2.02. The van der Waals surface area contributed by atoms with E-state index in [1.54, 1.807) is 0 Å². The predicted octanol–water partition coefficient (Wildman–Crippen LogP) is 6.57. The summed E-state index contributed by atoms with van der Waals surface area (Å²) in [6.45, 7) is 0. The van der Waals surface area contributed by atoms with Crippen LogP contribution in [0.1, 0.15) is 18.4 Å². The third-order valence-corrected chi connectivity index (χ3v) is 5.61. The summed E-state index contributed by atoms with van der Waals surface area (Å²) in [5.74, 6) is 0. The molecule has 1 heterocycles. The van der Waals surface area contributed by atoms with Crippen molar-refractivity contribution in [3.05, 3.63) is 65.2 Å². The second kappa shape index (κ2) is 3.80. The second-order valence-corrected chi connectivity index (χ2v) is 7.24.